The Morgan fingerprint density at radius 1 is 1.33 bits per heavy atom. The van der Waals surface area contributed by atoms with Gasteiger partial charge in [0, 0.05) is 23.3 Å². The van der Waals surface area contributed by atoms with Gasteiger partial charge in [0.15, 0.2) is 0 Å². The quantitative estimate of drug-likeness (QED) is 0.904. The van der Waals surface area contributed by atoms with Crippen molar-refractivity contribution in [2.24, 2.45) is 11.1 Å². The number of thiophene rings is 1. The summed E-state index contributed by atoms with van der Waals surface area (Å²) in [5.41, 5.74) is 5.42. The van der Waals surface area contributed by atoms with E-state index in [4.69, 9.17) is 17.3 Å². The molecule has 1 aromatic heterocycles. The van der Waals surface area contributed by atoms with Crippen LogP contribution in [0, 0.1) is 5.41 Å². The van der Waals surface area contributed by atoms with Crippen molar-refractivity contribution in [3.8, 4) is 0 Å². The van der Waals surface area contributed by atoms with Gasteiger partial charge in [-0.1, -0.05) is 25.4 Å². The highest BCUT2D eigenvalue weighted by Crippen LogP contribution is 2.32. The molecule has 4 nitrogen and oxygen atoms in total. The zero-order valence-electron chi connectivity index (χ0n) is 12.3. The second kappa shape index (κ2) is 5.85. The fourth-order valence-electron chi connectivity index (χ4n) is 2.02. The molecule has 2 N–H and O–H groups in total. The highest BCUT2D eigenvalue weighted by molar-refractivity contribution is 7.91. The molecule has 2 rings (SSSR count). The highest BCUT2D eigenvalue weighted by Gasteiger charge is 2.28. The van der Waals surface area contributed by atoms with Crippen LogP contribution in [0.15, 0.2) is 28.5 Å². The van der Waals surface area contributed by atoms with Crippen molar-refractivity contribution in [3.05, 3.63) is 29.3 Å². The van der Waals surface area contributed by atoms with Crippen LogP contribution < -0.4 is 5.73 Å². The minimum atomic E-state index is -3.50. The molecule has 0 unspecified atom stereocenters. The molecule has 0 saturated heterocycles. The molecular weight excluding hydrogens is 328 g/mol. The average molecular weight is 347 g/mol. The van der Waals surface area contributed by atoms with Crippen molar-refractivity contribution in [2.45, 2.75) is 18.1 Å². The first-order valence-corrected chi connectivity index (χ1v) is 9.15. The maximum atomic E-state index is 12.6. The van der Waals surface area contributed by atoms with Gasteiger partial charge in [-0.05, 0) is 41.6 Å². The van der Waals surface area contributed by atoms with Crippen molar-refractivity contribution < 1.29 is 8.42 Å². The van der Waals surface area contributed by atoms with Crippen LogP contribution in [-0.4, -0.2) is 32.9 Å². The van der Waals surface area contributed by atoms with Crippen molar-refractivity contribution in [1.82, 2.24) is 4.31 Å². The number of sulfonamides is 1. The molecule has 0 bridgehead atoms. The van der Waals surface area contributed by atoms with Crippen molar-refractivity contribution in [2.75, 3.05) is 20.1 Å². The SMILES string of the molecule is CN(CC(C)(C)CN)S(=O)(=O)c1cc2cc(Cl)ccc2s1. The lowest BCUT2D eigenvalue weighted by molar-refractivity contribution is 0.292. The molecule has 0 saturated carbocycles. The first kappa shape index (κ1) is 16.7. The second-order valence-corrected chi connectivity index (χ2v) is 9.67. The van der Waals surface area contributed by atoms with Gasteiger partial charge in [0.05, 0.1) is 0 Å². The minimum absolute atomic E-state index is 0.262. The summed E-state index contributed by atoms with van der Waals surface area (Å²) in [6.07, 6.45) is 0. The number of halogens is 1. The average Bonchev–Trinajstić information content (AvgIpc) is 2.81. The van der Waals surface area contributed by atoms with Gasteiger partial charge in [-0.15, -0.1) is 11.3 Å². The van der Waals surface area contributed by atoms with E-state index >= 15 is 0 Å². The molecule has 0 amide bonds. The molecule has 21 heavy (non-hydrogen) atoms. The maximum absolute atomic E-state index is 12.6. The zero-order chi connectivity index (χ0) is 15.8. The number of rotatable bonds is 5. The summed E-state index contributed by atoms with van der Waals surface area (Å²) in [4.78, 5) is 0. The fourth-order valence-corrected chi connectivity index (χ4v) is 5.15. The molecule has 0 fully saturated rings. The normalized spacial score (nSPS) is 13.2. The van der Waals surface area contributed by atoms with Crippen LogP contribution in [0.4, 0.5) is 0 Å². The van der Waals surface area contributed by atoms with E-state index < -0.39 is 10.0 Å². The van der Waals surface area contributed by atoms with Gasteiger partial charge in [0.25, 0.3) is 10.0 Å². The van der Waals surface area contributed by atoms with Gasteiger partial charge in [0.1, 0.15) is 4.21 Å². The Balaban J connectivity index is 2.37. The third-order valence-electron chi connectivity index (χ3n) is 3.32. The summed E-state index contributed by atoms with van der Waals surface area (Å²) in [6, 6.07) is 7.05. The molecule has 0 aliphatic rings. The summed E-state index contributed by atoms with van der Waals surface area (Å²) in [7, 11) is -1.92. The van der Waals surface area contributed by atoms with Crippen LogP contribution in [0.3, 0.4) is 0 Å². The van der Waals surface area contributed by atoms with E-state index in [1.807, 2.05) is 19.9 Å². The Bertz CT molecular complexity index is 753. The zero-order valence-corrected chi connectivity index (χ0v) is 14.6. The summed E-state index contributed by atoms with van der Waals surface area (Å²) in [5.74, 6) is 0. The molecule has 7 heteroatoms. The second-order valence-electron chi connectivity index (χ2n) is 5.88. The molecule has 0 aliphatic carbocycles. The smallest absolute Gasteiger partial charge is 0.252 e. The van der Waals surface area contributed by atoms with Gasteiger partial charge in [0.2, 0.25) is 0 Å². The molecule has 0 aliphatic heterocycles. The summed E-state index contributed by atoms with van der Waals surface area (Å²) in [6.45, 7) is 4.70. The first-order chi connectivity index (χ1) is 9.65. The Morgan fingerprint density at radius 3 is 2.62 bits per heavy atom. The lowest BCUT2D eigenvalue weighted by Gasteiger charge is -2.28. The number of nitrogens with zero attached hydrogens (tertiary/aromatic N) is 1. The predicted molar refractivity (Wildman–Crippen MR) is 89.5 cm³/mol. The maximum Gasteiger partial charge on any atom is 0.252 e. The van der Waals surface area contributed by atoms with Gasteiger partial charge in [-0.2, -0.15) is 4.31 Å². The summed E-state index contributed by atoms with van der Waals surface area (Å²) in [5, 5.41) is 1.44. The Labute approximate surface area is 134 Å². The third kappa shape index (κ3) is 3.57. The lowest BCUT2D eigenvalue weighted by atomic mass is 9.94. The molecule has 1 aromatic carbocycles. The third-order valence-corrected chi connectivity index (χ3v) is 6.93. The molecule has 0 spiro atoms. The summed E-state index contributed by atoms with van der Waals surface area (Å²) < 4.78 is 27.9. The molecular formula is C14H19ClN2O2S2. The molecule has 2 aromatic rings. The van der Waals surface area contributed by atoms with E-state index in [-0.39, 0.29) is 5.41 Å². The Kier molecular flexibility index (Phi) is 4.66. The largest absolute Gasteiger partial charge is 0.330 e. The van der Waals surface area contributed by atoms with E-state index in [2.05, 4.69) is 0 Å². The van der Waals surface area contributed by atoms with Crippen LogP contribution in [0.5, 0.6) is 0 Å². The number of hydrogen-bond donors (Lipinski definition) is 1. The fraction of sp³-hybridized carbons (Fsp3) is 0.429. The highest BCUT2D eigenvalue weighted by atomic mass is 35.5. The van der Waals surface area contributed by atoms with E-state index in [9.17, 15) is 8.42 Å². The molecule has 116 valence electrons. The van der Waals surface area contributed by atoms with E-state index in [0.717, 1.165) is 10.1 Å². The van der Waals surface area contributed by atoms with Crippen LogP contribution >= 0.6 is 22.9 Å². The van der Waals surface area contributed by atoms with Crippen LogP contribution in [-0.2, 0) is 10.0 Å². The van der Waals surface area contributed by atoms with Gasteiger partial charge in [-0.3, -0.25) is 0 Å². The summed E-state index contributed by atoms with van der Waals surface area (Å²) >= 11 is 7.20. The van der Waals surface area contributed by atoms with Crippen LogP contribution in [0.2, 0.25) is 5.02 Å². The standard InChI is InChI=1S/C14H19ClN2O2S2/c1-14(2,8-16)9-17(3)21(18,19)13-7-10-6-11(15)4-5-12(10)20-13/h4-7H,8-9,16H2,1-3H3. The van der Waals surface area contributed by atoms with E-state index in [1.165, 1.54) is 15.6 Å². The molecule has 0 atom stereocenters. The topological polar surface area (TPSA) is 63.4 Å². The monoisotopic (exact) mass is 346 g/mol. The van der Waals surface area contributed by atoms with Gasteiger partial charge in [-0.25, -0.2) is 8.42 Å². The number of fused-ring (bicyclic) bond motifs is 1. The lowest BCUT2D eigenvalue weighted by Crippen LogP contribution is -2.39. The molecule has 1 heterocycles. The van der Waals surface area contributed by atoms with E-state index in [0.29, 0.717) is 22.3 Å². The predicted octanol–water partition coefficient (Wildman–Crippen LogP) is 3.16. The van der Waals surface area contributed by atoms with Gasteiger partial charge < -0.3 is 5.73 Å². The first-order valence-electron chi connectivity index (χ1n) is 6.51. The van der Waals surface area contributed by atoms with Gasteiger partial charge >= 0.3 is 0 Å². The minimum Gasteiger partial charge on any atom is -0.330 e. The Morgan fingerprint density at radius 2 is 2.00 bits per heavy atom. The molecule has 0 radical (unpaired) electrons. The van der Waals surface area contributed by atoms with Crippen molar-refractivity contribution in [3.63, 3.8) is 0 Å². The van der Waals surface area contributed by atoms with Crippen LogP contribution in [0.1, 0.15) is 13.8 Å². The van der Waals surface area contributed by atoms with Crippen molar-refractivity contribution >= 4 is 43.0 Å². The Hall–Kier alpha value is -0.660. The van der Waals surface area contributed by atoms with Crippen molar-refractivity contribution in [1.29, 1.82) is 0 Å². The number of nitrogens with two attached hydrogens (primary N) is 1. The number of benzene rings is 1. The van der Waals surface area contributed by atoms with E-state index in [1.54, 1.807) is 25.2 Å². The van der Waals surface area contributed by atoms with Crippen LogP contribution in [0.25, 0.3) is 10.1 Å². The number of hydrogen-bond acceptors (Lipinski definition) is 4.